The molecule has 0 fully saturated rings. The molecule has 0 saturated carbocycles. The van der Waals surface area contributed by atoms with Crippen LogP contribution < -0.4 is 16.4 Å². The summed E-state index contributed by atoms with van der Waals surface area (Å²) in [6, 6.07) is 20.4. The van der Waals surface area contributed by atoms with Gasteiger partial charge in [-0.05, 0) is 60.7 Å². The highest BCUT2D eigenvalue weighted by Crippen LogP contribution is 2.27. The molecule has 8 nitrogen and oxygen atoms in total. The lowest BCUT2D eigenvalue weighted by molar-refractivity contribution is -0.117. The second kappa shape index (κ2) is 13.8. The van der Waals surface area contributed by atoms with Gasteiger partial charge in [0.05, 0.1) is 17.9 Å². The molecule has 0 aliphatic carbocycles. The number of carbonyl (C=O) groups is 2. The predicted octanol–water partition coefficient (Wildman–Crippen LogP) is 5.53. The third-order valence-electron chi connectivity index (χ3n) is 6.25. The van der Waals surface area contributed by atoms with E-state index in [-0.39, 0.29) is 42.4 Å². The van der Waals surface area contributed by atoms with E-state index in [2.05, 4.69) is 25.6 Å². The summed E-state index contributed by atoms with van der Waals surface area (Å²) in [5.74, 6) is -0.419. The van der Waals surface area contributed by atoms with E-state index in [1.807, 2.05) is 30.3 Å². The molecule has 0 radical (unpaired) electrons. The number of anilines is 1. The molecule has 0 bridgehead atoms. The highest BCUT2D eigenvalue weighted by molar-refractivity contribution is 6.00. The summed E-state index contributed by atoms with van der Waals surface area (Å²) in [6.07, 6.45) is 4.00. The van der Waals surface area contributed by atoms with Gasteiger partial charge >= 0.3 is 0 Å². The number of aromatic nitrogens is 3. The average molecular weight is 596 g/mol. The summed E-state index contributed by atoms with van der Waals surface area (Å²) < 4.78 is 13.2. The van der Waals surface area contributed by atoms with Gasteiger partial charge in [-0.2, -0.15) is 0 Å². The van der Waals surface area contributed by atoms with Crippen molar-refractivity contribution >= 4 is 53.1 Å². The SMILES string of the molecule is C[C@H](N)C(=O)Nc1cc(C(=O)NCCc2ccc(F)cc2)cc(-c2cnc(-c3cc4ccccc4cn3)[nH]2)c1.Cl.Cl. The van der Waals surface area contributed by atoms with E-state index < -0.39 is 6.04 Å². The van der Waals surface area contributed by atoms with Crippen molar-refractivity contribution in [3.05, 3.63) is 102 Å². The number of H-pyrrole nitrogens is 1. The summed E-state index contributed by atoms with van der Waals surface area (Å²) in [5, 5.41) is 7.72. The van der Waals surface area contributed by atoms with Gasteiger partial charge in [0.25, 0.3) is 5.91 Å². The number of fused-ring (bicyclic) bond motifs is 1. The first-order valence-corrected chi connectivity index (χ1v) is 12.5. The van der Waals surface area contributed by atoms with Crippen molar-refractivity contribution in [2.75, 3.05) is 11.9 Å². The molecule has 2 amide bonds. The predicted molar refractivity (Wildman–Crippen MR) is 164 cm³/mol. The Balaban J connectivity index is 0.00000231. The Morgan fingerprint density at radius 2 is 1.68 bits per heavy atom. The van der Waals surface area contributed by atoms with Crippen LogP contribution in [-0.2, 0) is 11.2 Å². The minimum absolute atomic E-state index is 0. The second-order valence-electron chi connectivity index (χ2n) is 9.27. The molecule has 5 N–H and O–H groups in total. The Labute approximate surface area is 248 Å². The van der Waals surface area contributed by atoms with Crippen molar-refractivity contribution in [2.45, 2.75) is 19.4 Å². The number of pyridine rings is 1. The number of nitrogens with two attached hydrogens (primary N) is 1. The molecule has 3 aromatic carbocycles. The highest BCUT2D eigenvalue weighted by Gasteiger charge is 2.15. The van der Waals surface area contributed by atoms with Gasteiger partial charge in [-0.1, -0.05) is 36.4 Å². The van der Waals surface area contributed by atoms with Crippen molar-refractivity contribution in [3.63, 3.8) is 0 Å². The number of imidazole rings is 1. The molecule has 0 aliphatic rings. The fourth-order valence-corrected chi connectivity index (χ4v) is 4.13. The standard InChI is InChI=1S/C30H27FN6O2.2ClH/c1-18(32)29(38)36-25-13-22(12-23(14-25)30(39)33-11-10-19-6-8-24(31)9-7-19)27-17-35-28(37-27)26-15-20-4-2-3-5-21(20)16-34-26;;/h2-9,12-18H,10-11,32H2,1H3,(H,33,39)(H,35,37)(H,36,38);2*1H/t18-;;/m0../s1. The van der Waals surface area contributed by atoms with Gasteiger partial charge in [-0.3, -0.25) is 14.6 Å². The molecular formula is C30H29Cl2FN6O2. The largest absolute Gasteiger partial charge is 0.352 e. The minimum atomic E-state index is -0.723. The normalized spacial score (nSPS) is 11.2. The zero-order valence-electron chi connectivity index (χ0n) is 22.1. The van der Waals surface area contributed by atoms with E-state index in [0.717, 1.165) is 16.3 Å². The highest BCUT2D eigenvalue weighted by atomic mass is 35.5. The van der Waals surface area contributed by atoms with Gasteiger partial charge in [0.1, 0.15) is 11.5 Å². The maximum absolute atomic E-state index is 13.2. The van der Waals surface area contributed by atoms with Crippen LogP contribution in [0.3, 0.4) is 0 Å². The Kier molecular flexibility index (Phi) is 10.5. The zero-order chi connectivity index (χ0) is 27.4. The number of aromatic amines is 1. The van der Waals surface area contributed by atoms with Crippen LogP contribution in [0, 0.1) is 5.82 Å². The fraction of sp³-hybridized carbons (Fsp3) is 0.133. The Morgan fingerprint density at radius 1 is 0.951 bits per heavy atom. The van der Waals surface area contributed by atoms with E-state index in [0.29, 0.717) is 47.0 Å². The molecule has 0 spiro atoms. The number of hydrogen-bond donors (Lipinski definition) is 4. The van der Waals surface area contributed by atoms with Crippen LogP contribution >= 0.6 is 24.8 Å². The molecule has 212 valence electrons. The summed E-state index contributed by atoms with van der Waals surface area (Å²) >= 11 is 0. The first kappa shape index (κ1) is 31.2. The first-order chi connectivity index (χ1) is 18.9. The minimum Gasteiger partial charge on any atom is -0.352 e. The lowest BCUT2D eigenvalue weighted by Gasteiger charge is -2.12. The number of carbonyl (C=O) groups excluding carboxylic acids is 2. The van der Waals surface area contributed by atoms with Crippen molar-refractivity contribution in [3.8, 4) is 22.8 Å². The maximum atomic E-state index is 13.2. The monoisotopic (exact) mass is 594 g/mol. The van der Waals surface area contributed by atoms with E-state index in [1.165, 1.54) is 12.1 Å². The Hall–Kier alpha value is -4.31. The summed E-state index contributed by atoms with van der Waals surface area (Å²) in [6.45, 7) is 1.94. The Bertz CT molecular complexity index is 1660. The fourth-order valence-electron chi connectivity index (χ4n) is 4.13. The lowest BCUT2D eigenvalue weighted by Crippen LogP contribution is -2.32. The number of hydrogen-bond acceptors (Lipinski definition) is 5. The van der Waals surface area contributed by atoms with Crippen LogP contribution in [0.4, 0.5) is 10.1 Å². The summed E-state index contributed by atoms with van der Waals surface area (Å²) in [7, 11) is 0. The average Bonchev–Trinajstić information content (AvgIpc) is 3.44. The maximum Gasteiger partial charge on any atom is 0.251 e. The molecule has 1 atom stereocenters. The number of halogens is 3. The molecule has 2 heterocycles. The van der Waals surface area contributed by atoms with E-state index in [1.54, 1.807) is 49.6 Å². The summed E-state index contributed by atoms with van der Waals surface area (Å²) in [5.41, 5.74) is 9.40. The van der Waals surface area contributed by atoms with Gasteiger partial charge in [0, 0.05) is 34.9 Å². The number of benzene rings is 3. The van der Waals surface area contributed by atoms with Crippen LogP contribution in [0.5, 0.6) is 0 Å². The van der Waals surface area contributed by atoms with E-state index in [9.17, 15) is 14.0 Å². The Morgan fingerprint density at radius 3 is 2.41 bits per heavy atom. The topological polar surface area (TPSA) is 126 Å². The second-order valence-corrected chi connectivity index (χ2v) is 9.27. The molecule has 5 rings (SSSR count). The smallest absolute Gasteiger partial charge is 0.251 e. The molecular weight excluding hydrogens is 566 g/mol. The van der Waals surface area contributed by atoms with Crippen LogP contribution in [0.25, 0.3) is 33.5 Å². The van der Waals surface area contributed by atoms with Crippen molar-refractivity contribution < 1.29 is 14.0 Å². The molecule has 0 unspecified atom stereocenters. The van der Waals surface area contributed by atoms with Crippen LogP contribution in [-0.4, -0.2) is 39.4 Å². The third kappa shape index (κ3) is 7.67. The summed E-state index contributed by atoms with van der Waals surface area (Å²) in [4.78, 5) is 37.6. The van der Waals surface area contributed by atoms with E-state index >= 15 is 0 Å². The van der Waals surface area contributed by atoms with Crippen LogP contribution in [0.2, 0.25) is 0 Å². The molecule has 0 aliphatic heterocycles. The number of nitrogens with one attached hydrogen (secondary N) is 3. The van der Waals surface area contributed by atoms with Crippen molar-refractivity contribution in [1.29, 1.82) is 0 Å². The van der Waals surface area contributed by atoms with Crippen LogP contribution in [0.15, 0.2) is 85.2 Å². The van der Waals surface area contributed by atoms with Crippen LogP contribution in [0.1, 0.15) is 22.8 Å². The molecule has 0 saturated heterocycles. The van der Waals surface area contributed by atoms with E-state index in [4.69, 9.17) is 5.73 Å². The first-order valence-electron chi connectivity index (χ1n) is 12.5. The van der Waals surface area contributed by atoms with Crippen molar-refractivity contribution in [2.24, 2.45) is 5.73 Å². The van der Waals surface area contributed by atoms with Crippen molar-refractivity contribution in [1.82, 2.24) is 20.3 Å². The number of amides is 2. The van der Waals surface area contributed by atoms with Gasteiger partial charge in [-0.15, -0.1) is 24.8 Å². The molecule has 11 heteroatoms. The quantitative estimate of drug-likeness (QED) is 0.188. The molecule has 2 aromatic heterocycles. The van der Waals surface area contributed by atoms with Gasteiger partial charge in [0.15, 0.2) is 5.82 Å². The number of rotatable bonds is 8. The third-order valence-corrected chi connectivity index (χ3v) is 6.25. The lowest BCUT2D eigenvalue weighted by atomic mass is 10.1. The van der Waals surface area contributed by atoms with Gasteiger partial charge in [-0.25, -0.2) is 9.37 Å². The molecule has 41 heavy (non-hydrogen) atoms. The van der Waals surface area contributed by atoms with Gasteiger partial charge in [0.2, 0.25) is 5.91 Å². The zero-order valence-corrected chi connectivity index (χ0v) is 23.7. The molecule has 5 aromatic rings. The number of nitrogens with zero attached hydrogens (tertiary/aromatic N) is 2. The van der Waals surface area contributed by atoms with Gasteiger partial charge < -0.3 is 21.4 Å².